The van der Waals surface area contributed by atoms with E-state index in [0.717, 1.165) is 5.56 Å². The van der Waals surface area contributed by atoms with Crippen LogP contribution >= 0.6 is 0 Å². The van der Waals surface area contributed by atoms with E-state index in [9.17, 15) is 4.39 Å². The second kappa shape index (κ2) is 4.72. The number of nitrogens with zero attached hydrogens (tertiary/aromatic N) is 1. The molecule has 0 aliphatic rings. The quantitative estimate of drug-likeness (QED) is 0.716. The number of nitrogens with one attached hydrogen (secondary N) is 1. The SMILES string of the molecule is C=CC(C)NCc1cncc(F)c1. The van der Waals surface area contributed by atoms with Crippen LogP contribution < -0.4 is 5.32 Å². The molecule has 13 heavy (non-hydrogen) atoms. The Morgan fingerprint density at radius 1 is 1.69 bits per heavy atom. The maximum Gasteiger partial charge on any atom is 0.141 e. The molecule has 1 aromatic heterocycles. The van der Waals surface area contributed by atoms with Crippen LogP contribution in [0.3, 0.4) is 0 Å². The van der Waals surface area contributed by atoms with Gasteiger partial charge in [0.25, 0.3) is 0 Å². The normalized spacial score (nSPS) is 12.5. The van der Waals surface area contributed by atoms with Crippen LogP contribution in [0, 0.1) is 5.82 Å². The summed E-state index contributed by atoms with van der Waals surface area (Å²) in [6.07, 6.45) is 4.64. The zero-order valence-corrected chi connectivity index (χ0v) is 7.63. The predicted molar refractivity (Wildman–Crippen MR) is 50.7 cm³/mol. The van der Waals surface area contributed by atoms with Gasteiger partial charge in [-0.25, -0.2) is 4.39 Å². The van der Waals surface area contributed by atoms with Crippen LogP contribution in [-0.4, -0.2) is 11.0 Å². The highest BCUT2D eigenvalue weighted by Gasteiger charge is 1.97. The lowest BCUT2D eigenvalue weighted by Gasteiger charge is -2.08. The zero-order chi connectivity index (χ0) is 9.68. The highest BCUT2D eigenvalue weighted by molar-refractivity contribution is 5.10. The first-order chi connectivity index (χ1) is 6.22. The average Bonchev–Trinajstić information content (AvgIpc) is 2.14. The van der Waals surface area contributed by atoms with E-state index in [1.165, 1.54) is 12.3 Å². The molecule has 0 radical (unpaired) electrons. The van der Waals surface area contributed by atoms with Crippen LogP contribution in [0.2, 0.25) is 0 Å². The molecule has 0 fully saturated rings. The number of pyridine rings is 1. The summed E-state index contributed by atoms with van der Waals surface area (Å²) in [6, 6.07) is 1.69. The van der Waals surface area contributed by atoms with Crippen molar-refractivity contribution < 1.29 is 4.39 Å². The standard InChI is InChI=1S/C10H13FN2/c1-3-8(2)13-6-9-4-10(11)7-12-5-9/h3-5,7-8,13H,1,6H2,2H3. The van der Waals surface area contributed by atoms with Crippen LogP contribution in [0.5, 0.6) is 0 Å². The molecule has 70 valence electrons. The second-order valence-electron chi connectivity index (χ2n) is 2.92. The summed E-state index contributed by atoms with van der Waals surface area (Å²) >= 11 is 0. The van der Waals surface area contributed by atoms with E-state index >= 15 is 0 Å². The molecule has 1 rings (SSSR count). The van der Waals surface area contributed by atoms with Gasteiger partial charge in [0.15, 0.2) is 0 Å². The Labute approximate surface area is 77.5 Å². The Morgan fingerprint density at radius 2 is 2.46 bits per heavy atom. The molecule has 1 unspecified atom stereocenters. The van der Waals surface area contributed by atoms with Crippen molar-refractivity contribution in [3.8, 4) is 0 Å². The molecule has 1 N–H and O–H groups in total. The van der Waals surface area contributed by atoms with Crippen molar-refractivity contribution in [2.45, 2.75) is 19.5 Å². The monoisotopic (exact) mass is 180 g/mol. The number of hydrogen-bond donors (Lipinski definition) is 1. The van der Waals surface area contributed by atoms with Gasteiger partial charge in [0, 0.05) is 18.8 Å². The number of rotatable bonds is 4. The van der Waals surface area contributed by atoms with E-state index in [1.54, 1.807) is 12.3 Å². The lowest BCUT2D eigenvalue weighted by Crippen LogP contribution is -2.22. The van der Waals surface area contributed by atoms with Crippen molar-refractivity contribution in [1.82, 2.24) is 10.3 Å². The van der Waals surface area contributed by atoms with E-state index < -0.39 is 0 Å². The highest BCUT2D eigenvalue weighted by Crippen LogP contribution is 2.00. The minimum atomic E-state index is -0.300. The summed E-state index contributed by atoms with van der Waals surface area (Å²) in [5.74, 6) is -0.300. The molecule has 1 heterocycles. The molecular weight excluding hydrogens is 167 g/mol. The summed E-state index contributed by atoms with van der Waals surface area (Å²) in [4.78, 5) is 3.75. The smallest absolute Gasteiger partial charge is 0.141 e. The summed E-state index contributed by atoms with van der Waals surface area (Å²) < 4.78 is 12.7. The average molecular weight is 180 g/mol. The van der Waals surface area contributed by atoms with Gasteiger partial charge in [0.2, 0.25) is 0 Å². The molecule has 0 saturated heterocycles. The fourth-order valence-corrected chi connectivity index (χ4v) is 0.915. The Morgan fingerprint density at radius 3 is 3.08 bits per heavy atom. The van der Waals surface area contributed by atoms with Gasteiger partial charge in [-0.15, -0.1) is 6.58 Å². The Kier molecular flexibility index (Phi) is 3.58. The molecule has 0 aromatic carbocycles. The largest absolute Gasteiger partial charge is 0.307 e. The molecule has 0 bridgehead atoms. The zero-order valence-electron chi connectivity index (χ0n) is 7.63. The minimum Gasteiger partial charge on any atom is -0.307 e. The molecule has 0 aliphatic carbocycles. The van der Waals surface area contributed by atoms with Gasteiger partial charge in [-0.1, -0.05) is 6.08 Å². The number of aromatic nitrogens is 1. The molecule has 0 amide bonds. The fraction of sp³-hybridized carbons (Fsp3) is 0.300. The van der Waals surface area contributed by atoms with Gasteiger partial charge in [0.05, 0.1) is 6.20 Å². The highest BCUT2D eigenvalue weighted by atomic mass is 19.1. The maximum absolute atomic E-state index is 12.7. The second-order valence-corrected chi connectivity index (χ2v) is 2.92. The van der Waals surface area contributed by atoms with Crippen molar-refractivity contribution in [2.24, 2.45) is 0 Å². The molecule has 3 heteroatoms. The molecule has 2 nitrogen and oxygen atoms in total. The van der Waals surface area contributed by atoms with Crippen molar-refractivity contribution >= 4 is 0 Å². The van der Waals surface area contributed by atoms with Gasteiger partial charge in [-0.3, -0.25) is 4.98 Å². The molecule has 1 aromatic rings. The Bertz CT molecular complexity index is 286. The van der Waals surface area contributed by atoms with Gasteiger partial charge in [0.1, 0.15) is 5.82 Å². The van der Waals surface area contributed by atoms with Gasteiger partial charge in [-0.05, 0) is 18.6 Å². The van der Waals surface area contributed by atoms with Crippen LogP contribution in [0.4, 0.5) is 4.39 Å². The lowest BCUT2D eigenvalue weighted by atomic mass is 10.2. The van der Waals surface area contributed by atoms with E-state index in [0.29, 0.717) is 6.54 Å². The van der Waals surface area contributed by atoms with E-state index in [2.05, 4.69) is 16.9 Å². The third-order valence-electron chi connectivity index (χ3n) is 1.74. The summed E-state index contributed by atoms with van der Waals surface area (Å²) in [5.41, 5.74) is 0.841. The van der Waals surface area contributed by atoms with Crippen molar-refractivity contribution in [2.75, 3.05) is 0 Å². The Balaban J connectivity index is 2.49. The summed E-state index contributed by atoms with van der Waals surface area (Å²) in [7, 11) is 0. The van der Waals surface area contributed by atoms with Crippen LogP contribution in [-0.2, 0) is 6.54 Å². The topological polar surface area (TPSA) is 24.9 Å². The van der Waals surface area contributed by atoms with Crippen molar-refractivity contribution in [3.63, 3.8) is 0 Å². The predicted octanol–water partition coefficient (Wildman–Crippen LogP) is 1.88. The van der Waals surface area contributed by atoms with Gasteiger partial charge < -0.3 is 5.32 Å². The summed E-state index contributed by atoms with van der Waals surface area (Å²) in [6.45, 7) is 6.23. The first-order valence-electron chi connectivity index (χ1n) is 4.17. The molecule has 1 atom stereocenters. The van der Waals surface area contributed by atoms with Crippen LogP contribution in [0.1, 0.15) is 12.5 Å². The van der Waals surface area contributed by atoms with Gasteiger partial charge in [-0.2, -0.15) is 0 Å². The fourth-order valence-electron chi connectivity index (χ4n) is 0.915. The Hall–Kier alpha value is -1.22. The summed E-state index contributed by atoms with van der Waals surface area (Å²) in [5, 5.41) is 3.15. The third-order valence-corrected chi connectivity index (χ3v) is 1.74. The first-order valence-corrected chi connectivity index (χ1v) is 4.17. The molecule has 0 aliphatic heterocycles. The van der Waals surface area contributed by atoms with E-state index in [1.807, 2.05) is 6.92 Å². The number of hydrogen-bond acceptors (Lipinski definition) is 2. The van der Waals surface area contributed by atoms with Crippen molar-refractivity contribution in [3.05, 3.63) is 42.5 Å². The van der Waals surface area contributed by atoms with Crippen molar-refractivity contribution in [1.29, 1.82) is 0 Å². The molecular formula is C10H13FN2. The minimum absolute atomic E-state index is 0.225. The van der Waals surface area contributed by atoms with Crippen LogP contribution in [0.15, 0.2) is 31.1 Å². The van der Waals surface area contributed by atoms with Gasteiger partial charge >= 0.3 is 0 Å². The van der Waals surface area contributed by atoms with E-state index in [4.69, 9.17) is 0 Å². The maximum atomic E-state index is 12.7. The molecule has 0 saturated carbocycles. The van der Waals surface area contributed by atoms with E-state index in [-0.39, 0.29) is 11.9 Å². The third kappa shape index (κ3) is 3.34. The first kappa shape index (κ1) is 9.86. The molecule has 0 spiro atoms. The lowest BCUT2D eigenvalue weighted by molar-refractivity contribution is 0.603. The number of halogens is 1. The van der Waals surface area contributed by atoms with Crippen LogP contribution in [0.25, 0.3) is 0 Å².